The lowest BCUT2D eigenvalue weighted by Gasteiger charge is -2.35. The van der Waals surface area contributed by atoms with E-state index in [0.717, 1.165) is 23.4 Å². The molecule has 1 fully saturated rings. The summed E-state index contributed by atoms with van der Waals surface area (Å²) in [7, 11) is 0. The highest BCUT2D eigenvalue weighted by atomic mass is 79.9. The summed E-state index contributed by atoms with van der Waals surface area (Å²) in [6.07, 6.45) is 4.98. The summed E-state index contributed by atoms with van der Waals surface area (Å²) in [5.74, 6) is 0.760. The van der Waals surface area contributed by atoms with E-state index in [1.54, 1.807) is 0 Å². The average Bonchev–Trinajstić information content (AvgIpc) is 3.16. The van der Waals surface area contributed by atoms with Gasteiger partial charge in [-0.1, -0.05) is 29.3 Å². The van der Waals surface area contributed by atoms with E-state index in [9.17, 15) is 0 Å². The van der Waals surface area contributed by atoms with Crippen LogP contribution in [0, 0.1) is 5.92 Å². The van der Waals surface area contributed by atoms with Gasteiger partial charge in [0.1, 0.15) is 0 Å². The van der Waals surface area contributed by atoms with Gasteiger partial charge in [0.15, 0.2) is 0 Å². The summed E-state index contributed by atoms with van der Waals surface area (Å²) in [6, 6.07) is 8.38. The van der Waals surface area contributed by atoms with E-state index in [1.165, 1.54) is 24.9 Å². The zero-order valence-electron chi connectivity index (χ0n) is 10.4. The highest BCUT2D eigenvalue weighted by Gasteiger charge is 2.43. The van der Waals surface area contributed by atoms with Crippen LogP contribution in [-0.2, 0) is 0 Å². The lowest BCUT2D eigenvalue weighted by molar-refractivity contribution is 0.384. The first-order valence-electron chi connectivity index (χ1n) is 6.44. The lowest BCUT2D eigenvalue weighted by Crippen LogP contribution is -2.47. The van der Waals surface area contributed by atoms with Gasteiger partial charge in [0.25, 0.3) is 0 Å². The molecule has 17 heavy (non-hydrogen) atoms. The lowest BCUT2D eigenvalue weighted by atomic mass is 9.87. The first-order valence-corrected chi connectivity index (χ1v) is 7.23. The molecule has 0 radical (unpaired) electrons. The number of anilines is 1. The number of rotatable bonds is 6. The zero-order valence-corrected chi connectivity index (χ0v) is 12.0. The van der Waals surface area contributed by atoms with Crippen LogP contribution in [-0.4, -0.2) is 12.1 Å². The minimum atomic E-state index is 0.114. The maximum absolute atomic E-state index is 6.04. The Balaban J connectivity index is 2.13. The Morgan fingerprint density at radius 1 is 1.35 bits per heavy atom. The third-order valence-corrected chi connectivity index (χ3v) is 4.19. The maximum Gasteiger partial charge on any atom is 0.0523 e. The summed E-state index contributed by atoms with van der Waals surface area (Å²) in [6.45, 7) is 2.96. The molecule has 0 amide bonds. The van der Waals surface area contributed by atoms with Crippen molar-refractivity contribution >= 4 is 21.6 Å². The van der Waals surface area contributed by atoms with Crippen molar-refractivity contribution < 1.29 is 0 Å². The Morgan fingerprint density at radius 2 is 2.00 bits per heavy atom. The number of benzene rings is 1. The fraction of sp³-hybridized carbons (Fsp3) is 0.571. The van der Waals surface area contributed by atoms with Crippen molar-refractivity contribution in [3.05, 3.63) is 28.7 Å². The topological polar surface area (TPSA) is 38.0 Å². The van der Waals surface area contributed by atoms with Crippen molar-refractivity contribution in [1.29, 1.82) is 0 Å². The number of hydrogen-bond donors (Lipinski definition) is 2. The zero-order chi connectivity index (χ0) is 12.3. The van der Waals surface area contributed by atoms with Gasteiger partial charge < -0.3 is 11.1 Å². The molecular weight excluding hydrogens is 276 g/mol. The summed E-state index contributed by atoms with van der Waals surface area (Å²) in [5.41, 5.74) is 7.33. The molecule has 0 heterocycles. The fourth-order valence-corrected chi connectivity index (χ4v) is 2.86. The highest BCUT2D eigenvalue weighted by molar-refractivity contribution is 9.10. The van der Waals surface area contributed by atoms with Crippen LogP contribution in [0.4, 0.5) is 5.69 Å². The molecule has 2 nitrogen and oxygen atoms in total. The summed E-state index contributed by atoms with van der Waals surface area (Å²) < 4.78 is 1.11. The van der Waals surface area contributed by atoms with Crippen LogP contribution >= 0.6 is 15.9 Å². The SMILES string of the molecule is CCCC(CN)(Nc1ccc(Br)cc1)C1CC1. The maximum atomic E-state index is 6.04. The standard InChI is InChI=1S/C14H21BrN2/c1-2-9-14(10-16,11-3-4-11)17-13-7-5-12(15)6-8-13/h5-8,11,17H,2-4,9-10,16H2,1H3. The fourth-order valence-electron chi connectivity index (χ4n) is 2.59. The molecule has 3 heteroatoms. The largest absolute Gasteiger partial charge is 0.378 e. The van der Waals surface area contributed by atoms with Crippen molar-refractivity contribution in [1.82, 2.24) is 0 Å². The Hall–Kier alpha value is -0.540. The van der Waals surface area contributed by atoms with Gasteiger partial charge >= 0.3 is 0 Å². The van der Waals surface area contributed by atoms with Crippen LogP contribution in [0.1, 0.15) is 32.6 Å². The molecule has 2 rings (SSSR count). The van der Waals surface area contributed by atoms with Crippen LogP contribution in [0.25, 0.3) is 0 Å². The minimum Gasteiger partial charge on any atom is -0.378 e. The first kappa shape index (κ1) is 12.9. The molecule has 0 bridgehead atoms. The van der Waals surface area contributed by atoms with Gasteiger partial charge in [-0.15, -0.1) is 0 Å². The molecule has 1 aromatic carbocycles. The molecule has 1 aliphatic rings. The molecule has 1 aliphatic carbocycles. The van der Waals surface area contributed by atoms with Crippen LogP contribution in [0.3, 0.4) is 0 Å². The molecule has 1 saturated carbocycles. The van der Waals surface area contributed by atoms with Crippen molar-refractivity contribution in [3.63, 3.8) is 0 Å². The summed E-state index contributed by atoms with van der Waals surface area (Å²) in [4.78, 5) is 0. The molecule has 0 saturated heterocycles. The highest BCUT2D eigenvalue weighted by Crippen LogP contribution is 2.43. The van der Waals surface area contributed by atoms with E-state index >= 15 is 0 Å². The molecule has 1 unspecified atom stereocenters. The van der Waals surface area contributed by atoms with Crippen molar-refractivity contribution in [2.45, 2.75) is 38.1 Å². The molecule has 3 N–H and O–H groups in total. The van der Waals surface area contributed by atoms with Gasteiger partial charge in [-0.2, -0.15) is 0 Å². The monoisotopic (exact) mass is 296 g/mol. The predicted octanol–water partition coefficient (Wildman–Crippen LogP) is 3.77. The second-order valence-electron chi connectivity index (χ2n) is 5.02. The van der Waals surface area contributed by atoms with E-state index in [0.29, 0.717) is 0 Å². The van der Waals surface area contributed by atoms with E-state index in [1.807, 2.05) is 0 Å². The Kier molecular flexibility index (Phi) is 4.10. The number of halogens is 1. The van der Waals surface area contributed by atoms with Gasteiger partial charge in [0.05, 0.1) is 5.54 Å². The Morgan fingerprint density at radius 3 is 2.47 bits per heavy atom. The molecular formula is C14H21BrN2. The molecule has 94 valence electrons. The van der Waals surface area contributed by atoms with Crippen LogP contribution in [0.2, 0.25) is 0 Å². The van der Waals surface area contributed by atoms with Crippen LogP contribution in [0.5, 0.6) is 0 Å². The quantitative estimate of drug-likeness (QED) is 0.839. The molecule has 0 aliphatic heterocycles. The molecule has 1 atom stereocenters. The normalized spacial score (nSPS) is 18.8. The molecule has 0 spiro atoms. The summed E-state index contributed by atoms with van der Waals surface area (Å²) in [5, 5.41) is 3.69. The third-order valence-electron chi connectivity index (χ3n) is 3.66. The van der Waals surface area contributed by atoms with Gasteiger partial charge in [0, 0.05) is 16.7 Å². The van der Waals surface area contributed by atoms with E-state index in [2.05, 4.69) is 52.4 Å². The first-order chi connectivity index (χ1) is 8.20. The van der Waals surface area contributed by atoms with Gasteiger partial charge in [-0.25, -0.2) is 0 Å². The van der Waals surface area contributed by atoms with Crippen molar-refractivity contribution in [2.24, 2.45) is 11.7 Å². The van der Waals surface area contributed by atoms with Gasteiger partial charge in [-0.05, 0) is 49.4 Å². The average molecular weight is 297 g/mol. The predicted molar refractivity (Wildman–Crippen MR) is 77.2 cm³/mol. The van der Waals surface area contributed by atoms with Crippen molar-refractivity contribution in [3.8, 4) is 0 Å². The number of nitrogens with two attached hydrogens (primary N) is 1. The molecule has 1 aromatic rings. The third kappa shape index (κ3) is 3.02. The Bertz CT molecular complexity index is 359. The van der Waals surface area contributed by atoms with Gasteiger partial charge in [0.2, 0.25) is 0 Å². The van der Waals surface area contributed by atoms with Crippen LogP contribution in [0.15, 0.2) is 28.7 Å². The summed E-state index contributed by atoms with van der Waals surface area (Å²) >= 11 is 3.46. The number of hydrogen-bond acceptors (Lipinski definition) is 2. The van der Waals surface area contributed by atoms with Crippen molar-refractivity contribution in [2.75, 3.05) is 11.9 Å². The van der Waals surface area contributed by atoms with E-state index in [4.69, 9.17) is 5.73 Å². The second-order valence-corrected chi connectivity index (χ2v) is 5.93. The minimum absolute atomic E-state index is 0.114. The van der Waals surface area contributed by atoms with Crippen LogP contribution < -0.4 is 11.1 Å². The Labute approximate surface area is 112 Å². The molecule has 0 aromatic heterocycles. The number of nitrogens with one attached hydrogen (secondary N) is 1. The van der Waals surface area contributed by atoms with Gasteiger partial charge in [-0.3, -0.25) is 0 Å². The smallest absolute Gasteiger partial charge is 0.0523 e. The second kappa shape index (κ2) is 5.40. The van der Waals surface area contributed by atoms with E-state index in [-0.39, 0.29) is 5.54 Å². The van der Waals surface area contributed by atoms with E-state index < -0.39 is 0 Å².